The molecule has 0 atom stereocenters. The maximum atomic E-state index is 5.47. The van der Waals surface area contributed by atoms with E-state index in [0.29, 0.717) is 13.2 Å². The Hall–Kier alpha value is 0.600. The van der Waals surface area contributed by atoms with E-state index in [2.05, 4.69) is 69.4 Å². The van der Waals surface area contributed by atoms with Crippen LogP contribution < -0.4 is 0 Å². The predicted molar refractivity (Wildman–Crippen MR) is 83.5 cm³/mol. The molecule has 90 valence electrons. The van der Waals surface area contributed by atoms with Gasteiger partial charge < -0.3 is 9.47 Å². The lowest BCUT2D eigenvalue weighted by Crippen LogP contribution is -1.98. The molecule has 0 unspecified atom stereocenters. The maximum Gasteiger partial charge on any atom is 0.0717 e. The van der Waals surface area contributed by atoms with E-state index in [9.17, 15) is 0 Å². The molecule has 1 aromatic rings. The van der Waals surface area contributed by atoms with Gasteiger partial charge in [-0.25, -0.2) is 0 Å². The van der Waals surface area contributed by atoms with Gasteiger partial charge >= 0.3 is 0 Å². The third-order valence-electron chi connectivity index (χ3n) is 2.00. The van der Waals surface area contributed by atoms with Crippen LogP contribution in [0.25, 0.3) is 0 Å². The van der Waals surface area contributed by atoms with Crippen molar-refractivity contribution >= 4 is 45.2 Å². The van der Waals surface area contributed by atoms with Gasteiger partial charge in [0.2, 0.25) is 0 Å². The van der Waals surface area contributed by atoms with Crippen LogP contribution in [0, 0.1) is 0 Å². The fourth-order valence-corrected chi connectivity index (χ4v) is 1.84. The van der Waals surface area contributed by atoms with Crippen molar-refractivity contribution in [2.45, 2.75) is 13.2 Å². The molecule has 0 aliphatic heterocycles. The highest BCUT2D eigenvalue weighted by molar-refractivity contribution is 14.1. The van der Waals surface area contributed by atoms with Crippen molar-refractivity contribution in [3.63, 3.8) is 0 Å². The zero-order valence-corrected chi connectivity index (χ0v) is 13.4. The molecule has 4 heteroatoms. The fourth-order valence-electron chi connectivity index (χ4n) is 1.22. The van der Waals surface area contributed by atoms with Gasteiger partial charge in [0.05, 0.1) is 26.4 Å². The Morgan fingerprint density at radius 3 is 1.44 bits per heavy atom. The number of halogens is 2. The first-order valence-electron chi connectivity index (χ1n) is 5.22. The number of rotatable bonds is 8. The summed E-state index contributed by atoms with van der Waals surface area (Å²) < 4.78 is 13.0. The van der Waals surface area contributed by atoms with Crippen LogP contribution >= 0.6 is 45.2 Å². The summed E-state index contributed by atoms with van der Waals surface area (Å²) in [6.07, 6.45) is 0. The molecule has 1 rings (SSSR count). The highest BCUT2D eigenvalue weighted by Crippen LogP contribution is 2.07. The molecule has 0 saturated heterocycles. The van der Waals surface area contributed by atoms with E-state index in [4.69, 9.17) is 9.47 Å². The minimum atomic E-state index is 0.706. The molecule has 0 N–H and O–H groups in total. The van der Waals surface area contributed by atoms with Crippen LogP contribution in [0.5, 0.6) is 0 Å². The Morgan fingerprint density at radius 2 is 1.12 bits per heavy atom. The molecule has 16 heavy (non-hydrogen) atoms. The molecule has 0 spiro atoms. The molecular weight excluding hydrogens is 430 g/mol. The predicted octanol–water partition coefficient (Wildman–Crippen LogP) is 3.59. The van der Waals surface area contributed by atoms with Crippen LogP contribution in [0.1, 0.15) is 11.1 Å². The molecule has 0 aliphatic rings. The van der Waals surface area contributed by atoms with E-state index < -0.39 is 0 Å². The molecule has 0 bridgehead atoms. The lowest BCUT2D eigenvalue weighted by atomic mass is 10.1. The van der Waals surface area contributed by atoms with Crippen LogP contribution in [0.2, 0.25) is 0 Å². The Kier molecular flexibility index (Phi) is 8.81. The number of benzene rings is 1. The van der Waals surface area contributed by atoms with Crippen LogP contribution in [-0.2, 0) is 22.7 Å². The quantitative estimate of drug-likeness (QED) is 0.346. The highest BCUT2D eigenvalue weighted by atomic mass is 127. The molecule has 0 fully saturated rings. The Morgan fingerprint density at radius 1 is 0.750 bits per heavy atom. The largest absolute Gasteiger partial charge is 0.376 e. The van der Waals surface area contributed by atoms with Crippen molar-refractivity contribution in [3.05, 3.63) is 35.4 Å². The van der Waals surface area contributed by atoms with E-state index in [1.807, 2.05) is 0 Å². The molecule has 0 aromatic heterocycles. The fraction of sp³-hybridized carbons (Fsp3) is 0.500. The summed E-state index contributed by atoms with van der Waals surface area (Å²) in [6.45, 7) is 3.05. The van der Waals surface area contributed by atoms with Crippen molar-refractivity contribution < 1.29 is 9.47 Å². The summed E-state index contributed by atoms with van der Waals surface area (Å²) >= 11 is 4.62. The average molecular weight is 446 g/mol. The van der Waals surface area contributed by atoms with Gasteiger partial charge in [-0.15, -0.1) is 0 Å². The average Bonchev–Trinajstić information content (AvgIpc) is 2.32. The molecule has 0 aliphatic carbocycles. The Labute approximate surface area is 124 Å². The second kappa shape index (κ2) is 9.61. The van der Waals surface area contributed by atoms with Crippen molar-refractivity contribution in [1.29, 1.82) is 0 Å². The minimum Gasteiger partial charge on any atom is -0.376 e. The molecule has 0 heterocycles. The highest BCUT2D eigenvalue weighted by Gasteiger charge is 1.95. The van der Waals surface area contributed by atoms with Crippen LogP contribution in [0.15, 0.2) is 24.3 Å². The van der Waals surface area contributed by atoms with E-state index in [1.54, 1.807) is 0 Å². The third kappa shape index (κ3) is 6.36. The summed E-state index contributed by atoms with van der Waals surface area (Å²) in [4.78, 5) is 0. The normalized spacial score (nSPS) is 10.6. The van der Waals surface area contributed by atoms with E-state index >= 15 is 0 Å². The van der Waals surface area contributed by atoms with E-state index in [-0.39, 0.29) is 0 Å². The first-order valence-corrected chi connectivity index (χ1v) is 8.27. The molecule has 2 nitrogen and oxygen atoms in total. The first-order chi connectivity index (χ1) is 7.86. The van der Waals surface area contributed by atoms with Gasteiger partial charge in [0.1, 0.15) is 0 Å². The zero-order chi connectivity index (χ0) is 11.6. The van der Waals surface area contributed by atoms with E-state index in [1.165, 1.54) is 11.1 Å². The number of ether oxygens (including phenoxy) is 2. The second-order valence-corrected chi connectivity index (χ2v) is 5.46. The summed E-state index contributed by atoms with van der Waals surface area (Å²) in [5.41, 5.74) is 2.45. The van der Waals surface area contributed by atoms with Crippen LogP contribution in [0.4, 0.5) is 0 Å². The first kappa shape index (κ1) is 14.7. The summed E-state index contributed by atoms with van der Waals surface area (Å²) in [6, 6.07) is 8.43. The second-order valence-electron chi connectivity index (χ2n) is 3.30. The lowest BCUT2D eigenvalue weighted by molar-refractivity contribution is 0.136. The number of alkyl halides is 2. The molecule has 0 saturated carbocycles. The summed E-state index contributed by atoms with van der Waals surface area (Å²) in [5, 5.41) is 0. The topological polar surface area (TPSA) is 18.5 Å². The SMILES string of the molecule is ICCOCc1ccc(COCCI)cc1. The monoisotopic (exact) mass is 446 g/mol. The smallest absolute Gasteiger partial charge is 0.0717 e. The Balaban J connectivity index is 2.30. The van der Waals surface area contributed by atoms with Gasteiger partial charge in [-0.3, -0.25) is 0 Å². The molecular formula is C12H16I2O2. The molecule has 0 amide bonds. The summed E-state index contributed by atoms with van der Waals surface area (Å²) in [5.74, 6) is 0. The van der Waals surface area contributed by atoms with Crippen LogP contribution in [0.3, 0.4) is 0 Å². The van der Waals surface area contributed by atoms with Gasteiger partial charge in [-0.2, -0.15) is 0 Å². The Bertz CT molecular complexity index is 246. The van der Waals surface area contributed by atoms with Gasteiger partial charge in [0.25, 0.3) is 0 Å². The van der Waals surface area contributed by atoms with Crippen molar-refractivity contribution in [2.75, 3.05) is 22.1 Å². The third-order valence-corrected chi connectivity index (χ3v) is 2.88. The van der Waals surface area contributed by atoms with E-state index in [0.717, 1.165) is 22.1 Å². The standard InChI is InChI=1S/C12H16I2O2/c13-5-7-15-9-11-1-2-12(4-3-11)10-16-8-6-14/h1-4H,5-10H2. The zero-order valence-electron chi connectivity index (χ0n) is 9.12. The lowest BCUT2D eigenvalue weighted by Gasteiger charge is -2.05. The van der Waals surface area contributed by atoms with Crippen LogP contribution in [-0.4, -0.2) is 22.1 Å². The number of hydrogen-bond acceptors (Lipinski definition) is 2. The van der Waals surface area contributed by atoms with Gasteiger partial charge in [-0.1, -0.05) is 69.4 Å². The van der Waals surface area contributed by atoms with Crippen molar-refractivity contribution in [3.8, 4) is 0 Å². The molecule has 0 radical (unpaired) electrons. The van der Waals surface area contributed by atoms with Crippen molar-refractivity contribution in [1.82, 2.24) is 0 Å². The number of hydrogen-bond donors (Lipinski definition) is 0. The van der Waals surface area contributed by atoms with Crippen molar-refractivity contribution in [2.24, 2.45) is 0 Å². The van der Waals surface area contributed by atoms with Gasteiger partial charge in [0.15, 0.2) is 0 Å². The molecule has 1 aromatic carbocycles. The minimum absolute atomic E-state index is 0.706. The maximum absolute atomic E-state index is 5.47. The summed E-state index contributed by atoms with van der Waals surface area (Å²) in [7, 11) is 0. The van der Waals surface area contributed by atoms with Gasteiger partial charge in [-0.05, 0) is 11.1 Å². The van der Waals surface area contributed by atoms with Gasteiger partial charge in [0, 0.05) is 8.86 Å².